The molecule has 0 aliphatic carbocycles. The van der Waals surface area contributed by atoms with Crippen LogP contribution >= 0.6 is 0 Å². The summed E-state index contributed by atoms with van der Waals surface area (Å²) in [5.41, 5.74) is 3.57. The number of aromatic nitrogens is 2. The van der Waals surface area contributed by atoms with Gasteiger partial charge in [-0.05, 0) is 17.2 Å². The van der Waals surface area contributed by atoms with Crippen molar-refractivity contribution in [2.75, 3.05) is 10.6 Å². The molecule has 4 rings (SSSR count). The highest BCUT2D eigenvalue weighted by Crippen LogP contribution is 2.26. The number of anilines is 2. The number of hydrogen-bond donors (Lipinski definition) is 2. The van der Waals surface area contributed by atoms with Crippen molar-refractivity contribution in [3.05, 3.63) is 128 Å². The highest BCUT2D eigenvalue weighted by atomic mass is 19.2. The Bertz CT molecular complexity index is 1550. The lowest BCUT2D eigenvalue weighted by molar-refractivity contribution is 0.0979. The fraction of sp³-hybridized carbons (Fsp3) is 0.0800. The van der Waals surface area contributed by atoms with Gasteiger partial charge >= 0.3 is 5.69 Å². The Kier molecular flexibility index (Phi) is 6.73. The van der Waals surface area contributed by atoms with Gasteiger partial charge in [0, 0.05) is 0 Å². The van der Waals surface area contributed by atoms with E-state index in [-0.39, 0.29) is 12.6 Å². The summed E-state index contributed by atoms with van der Waals surface area (Å²) in [6.45, 7) is -0.479. The Morgan fingerprint density at radius 1 is 0.861 bits per heavy atom. The van der Waals surface area contributed by atoms with Gasteiger partial charge in [-0.25, -0.2) is 22.4 Å². The number of nitrogens with two attached hydrogens (primary N) is 1. The third-order valence-electron chi connectivity index (χ3n) is 5.43. The second kappa shape index (κ2) is 9.90. The third-order valence-corrected chi connectivity index (χ3v) is 5.43. The normalized spacial score (nSPS) is 10.9. The van der Waals surface area contributed by atoms with E-state index in [1.807, 2.05) is 0 Å². The maximum Gasteiger partial charge on any atom is 0.330 e. The maximum absolute atomic E-state index is 14.5. The molecule has 0 spiro atoms. The van der Waals surface area contributed by atoms with Gasteiger partial charge in [0.2, 0.25) is 0 Å². The van der Waals surface area contributed by atoms with Crippen LogP contribution in [0.1, 0.15) is 21.5 Å². The minimum atomic E-state index is -2.19. The van der Waals surface area contributed by atoms with E-state index in [0.29, 0.717) is 16.0 Å². The predicted molar refractivity (Wildman–Crippen MR) is 125 cm³/mol. The second-order valence-electron chi connectivity index (χ2n) is 7.79. The molecule has 11 heteroatoms. The summed E-state index contributed by atoms with van der Waals surface area (Å²) in [5.74, 6) is -9.84. The average Bonchev–Trinajstić information content (AvgIpc) is 2.87. The Hall–Kier alpha value is -4.67. The number of rotatable bonds is 6. The lowest BCUT2D eigenvalue weighted by Gasteiger charge is -2.25. The van der Waals surface area contributed by atoms with E-state index in [2.05, 4.69) is 4.98 Å². The molecule has 7 nitrogen and oxygen atoms in total. The number of halogens is 4. The smallest absolute Gasteiger partial charge is 0.330 e. The highest BCUT2D eigenvalue weighted by Gasteiger charge is 2.30. The van der Waals surface area contributed by atoms with Crippen molar-refractivity contribution in [3.8, 4) is 0 Å². The number of carbonyl (C=O) groups is 1. The van der Waals surface area contributed by atoms with Crippen LogP contribution in [0.25, 0.3) is 0 Å². The zero-order valence-electron chi connectivity index (χ0n) is 18.5. The molecule has 36 heavy (non-hydrogen) atoms. The zero-order valence-corrected chi connectivity index (χ0v) is 18.5. The molecule has 1 aromatic heterocycles. The summed E-state index contributed by atoms with van der Waals surface area (Å²) in [6.07, 6.45) is 0. The standard InChI is InChI=1S/C25H18F4N4O3/c26-17-11-16(18(27)20(29)19(17)28)24(35)32(12-14-7-3-1-4-8-14)21-22(30)33(25(36)31-23(21)34)13-15-9-5-2-6-10-15/h1-11H,12-13,30H2,(H,31,34,36). The van der Waals surface area contributed by atoms with Crippen LogP contribution in [0.4, 0.5) is 29.1 Å². The minimum absolute atomic E-state index is 0.0865. The summed E-state index contributed by atoms with van der Waals surface area (Å²) in [4.78, 5) is 41.5. The lowest BCUT2D eigenvalue weighted by Crippen LogP contribution is -2.41. The van der Waals surface area contributed by atoms with E-state index in [1.165, 1.54) is 0 Å². The first-order valence-electron chi connectivity index (χ1n) is 10.5. The predicted octanol–water partition coefficient (Wildman–Crippen LogP) is 3.57. The van der Waals surface area contributed by atoms with Gasteiger partial charge in [-0.1, -0.05) is 60.7 Å². The average molecular weight is 498 g/mol. The number of hydrogen-bond acceptors (Lipinski definition) is 4. The quantitative estimate of drug-likeness (QED) is 0.241. The van der Waals surface area contributed by atoms with Gasteiger partial charge in [-0.2, -0.15) is 0 Å². The topological polar surface area (TPSA) is 101 Å². The monoisotopic (exact) mass is 498 g/mol. The van der Waals surface area contributed by atoms with Crippen LogP contribution in [0.3, 0.4) is 0 Å². The molecule has 3 N–H and O–H groups in total. The number of nitrogen functional groups attached to an aromatic ring is 1. The minimum Gasteiger partial charge on any atom is -0.383 e. The Balaban J connectivity index is 1.91. The van der Waals surface area contributed by atoms with Gasteiger partial charge in [0.1, 0.15) is 5.82 Å². The van der Waals surface area contributed by atoms with Crippen LogP contribution in [-0.2, 0) is 13.1 Å². The van der Waals surface area contributed by atoms with Gasteiger partial charge < -0.3 is 5.73 Å². The number of carbonyl (C=O) groups excluding carboxylic acids is 1. The first-order valence-corrected chi connectivity index (χ1v) is 10.5. The van der Waals surface area contributed by atoms with Crippen molar-refractivity contribution in [3.63, 3.8) is 0 Å². The van der Waals surface area contributed by atoms with Crippen molar-refractivity contribution in [2.45, 2.75) is 13.1 Å². The van der Waals surface area contributed by atoms with Gasteiger partial charge in [0.15, 0.2) is 29.0 Å². The number of benzene rings is 3. The number of aromatic amines is 1. The van der Waals surface area contributed by atoms with E-state index >= 15 is 0 Å². The summed E-state index contributed by atoms with van der Waals surface area (Å²) in [5, 5.41) is 0. The van der Waals surface area contributed by atoms with Crippen molar-refractivity contribution in [1.82, 2.24) is 9.55 Å². The molecule has 0 fully saturated rings. The Morgan fingerprint density at radius 3 is 2.06 bits per heavy atom. The molecular weight excluding hydrogens is 480 g/mol. The first-order chi connectivity index (χ1) is 17.2. The number of nitrogens with zero attached hydrogens (tertiary/aromatic N) is 2. The molecular formula is C25H18F4N4O3. The van der Waals surface area contributed by atoms with Crippen molar-refractivity contribution in [2.24, 2.45) is 0 Å². The molecule has 0 radical (unpaired) electrons. The van der Waals surface area contributed by atoms with Crippen LogP contribution in [0.2, 0.25) is 0 Å². The van der Waals surface area contributed by atoms with Crippen LogP contribution in [0.5, 0.6) is 0 Å². The summed E-state index contributed by atoms with van der Waals surface area (Å²) in [7, 11) is 0. The lowest BCUT2D eigenvalue weighted by atomic mass is 10.1. The van der Waals surface area contributed by atoms with Gasteiger partial charge in [0.05, 0.1) is 18.7 Å². The number of H-pyrrole nitrogens is 1. The molecule has 0 saturated heterocycles. The molecule has 0 saturated carbocycles. The number of nitrogens with one attached hydrogen (secondary N) is 1. The molecule has 0 unspecified atom stereocenters. The largest absolute Gasteiger partial charge is 0.383 e. The summed E-state index contributed by atoms with van der Waals surface area (Å²) < 4.78 is 56.9. The SMILES string of the molecule is Nc1c(N(Cc2ccccc2)C(=O)c2cc(F)c(F)c(F)c2F)c(=O)[nH]c(=O)n1Cc1ccccc1. The maximum atomic E-state index is 14.5. The van der Waals surface area contributed by atoms with Crippen molar-refractivity contribution < 1.29 is 22.4 Å². The zero-order chi connectivity index (χ0) is 26.0. The second-order valence-corrected chi connectivity index (χ2v) is 7.79. The Morgan fingerprint density at radius 2 is 1.44 bits per heavy atom. The summed E-state index contributed by atoms with van der Waals surface area (Å²) >= 11 is 0. The van der Waals surface area contributed by atoms with Crippen LogP contribution in [0.15, 0.2) is 76.3 Å². The fourth-order valence-corrected chi connectivity index (χ4v) is 3.65. The van der Waals surface area contributed by atoms with E-state index in [0.717, 1.165) is 4.57 Å². The summed E-state index contributed by atoms with van der Waals surface area (Å²) in [6, 6.07) is 16.9. The molecule has 0 atom stereocenters. The van der Waals surface area contributed by atoms with Crippen molar-refractivity contribution >= 4 is 17.4 Å². The van der Waals surface area contributed by atoms with Gasteiger partial charge in [-0.15, -0.1) is 0 Å². The van der Waals surface area contributed by atoms with Crippen LogP contribution in [-0.4, -0.2) is 15.5 Å². The molecule has 0 aliphatic heterocycles. The van der Waals surface area contributed by atoms with Crippen molar-refractivity contribution in [1.29, 1.82) is 0 Å². The molecule has 0 bridgehead atoms. The third kappa shape index (κ3) is 4.63. The molecule has 184 valence electrons. The molecule has 1 heterocycles. The fourth-order valence-electron chi connectivity index (χ4n) is 3.65. The van der Waals surface area contributed by atoms with Gasteiger partial charge in [0.25, 0.3) is 11.5 Å². The molecule has 3 aromatic carbocycles. The van der Waals surface area contributed by atoms with E-state index in [1.54, 1.807) is 60.7 Å². The molecule has 1 amide bonds. The Labute approximate surface area is 201 Å². The first kappa shape index (κ1) is 24.5. The molecule has 0 aliphatic rings. The highest BCUT2D eigenvalue weighted by molar-refractivity contribution is 6.07. The molecule has 4 aromatic rings. The van der Waals surface area contributed by atoms with Crippen LogP contribution in [0, 0.1) is 23.3 Å². The van der Waals surface area contributed by atoms with E-state index < -0.39 is 64.0 Å². The number of amides is 1. The van der Waals surface area contributed by atoms with Gasteiger partial charge in [-0.3, -0.25) is 24.0 Å². The van der Waals surface area contributed by atoms with Crippen LogP contribution < -0.4 is 21.9 Å². The van der Waals surface area contributed by atoms with E-state index in [9.17, 15) is 31.9 Å². The van der Waals surface area contributed by atoms with E-state index in [4.69, 9.17) is 5.73 Å².